The van der Waals surface area contributed by atoms with Crippen molar-refractivity contribution in [3.8, 4) is 35.1 Å². The number of amides is 2. The van der Waals surface area contributed by atoms with E-state index in [1.807, 2.05) is 6.07 Å². The number of piperidine rings is 3. The summed E-state index contributed by atoms with van der Waals surface area (Å²) in [5.74, 6) is -1.73. The third-order valence-corrected chi connectivity index (χ3v) is 17.6. The van der Waals surface area contributed by atoms with E-state index >= 15 is 4.39 Å². The quantitative estimate of drug-likeness (QED) is 0.0975. The molecule has 4 fully saturated rings. The molecule has 380 valence electrons. The van der Waals surface area contributed by atoms with Crippen LogP contribution in [0.15, 0.2) is 35.2 Å². The molecule has 3 aliphatic heterocycles. The normalized spacial score (nSPS) is 22.5. The lowest BCUT2D eigenvalue weighted by atomic mass is 9.63. The minimum absolute atomic E-state index is 0.0673. The summed E-state index contributed by atoms with van der Waals surface area (Å²) in [6, 6.07) is 7.03. The second kappa shape index (κ2) is 17.7. The summed E-state index contributed by atoms with van der Waals surface area (Å²) in [4.78, 5) is 46.8. The predicted molar refractivity (Wildman–Crippen MR) is 257 cm³/mol. The van der Waals surface area contributed by atoms with Crippen LogP contribution in [0, 0.1) is 28.0 Å². The molecule has 73 heavy (non-hydrogen) atoms. The summed E-state index contributed by atoms with van der Waals surface area (Å²) in [6.45, 7) is 4.36. The number of hydrogen-bond acceptors (Lipinski definition) is 16. The number of nitrogens with two attached hydrogens (primary N) is 1. The van der Waals surface area contributed by atoms with Crippen molar-refractivity contribution in [1.82, 2.24) is 45.1 Å². The molecule has 12 rings (SSSR count). The standard InChI is InChI=1S/C51H52F4N12O5S/c1-65-33-21-34(32(52)20-30(33)41(63-65)29-6-7-37(68)60-47(29)69)67-18-14-48(15-19-67)12-16-66(17-13-48)25-49(10-11-49)26-70-38-22-39(71-35-24-58-27-59-43(35)51(53,54)55)62-46(61-38)42-28-4-2-8-50(44(28)72-64-42)9-3-5-36-40(50)31(23-56)45(57)73-36/h20-22,24,27,29H,2-19,25-26,57H2,1H3,(H,60,68,69)/t29?,50-/m0/s1. The second-order valence-electron chi connectivity index (χ2n) is 21.0. The van der Waals surface area contributed by atoms with Gasteiger partial charge in [-0.05, 0) is 120 Å². The number of likely N-dealkylation sites (tertiary alicyclic amines) is 1. The molecule has 6 aliphatic rings. The van der Waals surface area contributed by atoms with Gasteiger partial charge in [-0.3, -0.25) is 19.6 Å². The maximum Gasteiger partial charge on any atom is 0.437 e. The number of fused-ring (bicyclic) bond motifs is 5. The van der Waals surface area contributed by atoms with E-state index in [1.165, 1.54) is 23.5 Å². The summed E-state index contributed by atoms with van der Waals surface area (Å²) < 4.78 is 78.5. The number of imide groups is 1. The van der Waals surface area contributed by atoms with Crippen molar-refractivity contribution in [3.63, 3.8) is 0 Å². The number of hydrogen-bond donors (Lipinski definition) is 2. The van der Waals surface area contributed by atoms with E-state index in [9.17, 15) is 28.0 Å². The Balaban J connectivity index is 0.737. The number of anilines is 2. The van der Waals surface area contributed by atoms with Crippen LogP contribution in [0.5, 0.6) is 17.5 Å². The number of nitriles is 1. The molecule has 2 amide bonds. The Morgan fingerprint density at radius 1 is 0.986 bits per heavy atom. The van der Waals surface area contributed by atoms with E-state index in [1.54, 1.807) is 11.7 Å². The number of nitrogen functional groups attached to an aromatic ring is 1. The van der Waals surface area contributed by atoms with Gasteiger partial charge in [-0.25, -0.2) is 14.4 Å². The molecule has 0 radical (unpaired) electrons. The fraction of sp³-hybridized carbons (Fsp3) is 0.510. The monoisotopic (exact) mass is 1020 g/mol. The molecule has 5 aromatic heterocycles. The minimum Gasteiger partial charge on any atom is -0.477 e. The first-order chi connectivity index (χ1) is 35.1. The van der Waals surface area contributed by atoms with Gasteiger partial charge >= 0.3 is 6.18 Å². The van der Waals surface area contributed by atoms with Crippen LogP contribution < -0.4 is 25.4 Å². The predicted octanol–water partition coefficient (Wildman–Crippen LogP) is 8.29. The molecule has 1 saturated carbocycles. The van der Waals surface area contributed by atoms with Gasteiger partial charge < -0.3 is 29.5 Å². The number of ether oxygens (including phenoxy) is 2. The molecule has 3 aliphatic carbocycles. The van der Waals surface area contributed by atoms with Crippen molar-refractivity contribution in [2.24, 2.45) is 17.9 Å². The molecule has 22 heteroatoms. The van der Waals surface area contributed by atoms with Crippen LogP contribution in [-0.4, -0.2) is 90.9 Å². The number of nitrogens with one attached hydrogen (secondary N) is 1. The highest BCUT2D eigenvalue weighted by Crippen LogP contribution is 2.56. The van der Waals surface area contributed by atoms with Crippen molar-refractivity contribution >= 4 is 44.7 Å². The lowest BCUT2D eigenvalue weighted by Gasteiger charge is -2.48. The van der Waals surface area contributed by atoms with Gasteiger partial charge in [0.1, 0.15) is 23.2 Å². The number of thiophene rings is 1. The molecule has 8 heterocycles. The zero-order valence-corrected chi connectivity index (χ0v) is 40.9. The maximum atomic E-state index is 15.9. The van der Waals surface area contributed by atoms with Crippen LogP contribution in [0.25, 0.3) is 22.4 Å². The van der Waals surface area contributed by atoms with Crippen molar-refractivity contribution in [1.29, 1.82) is 5.26 Å². The van der Waals surface area contributed by atoms with Crippen molar-refractivity contribution in [2.75, 3.05) is 50.0 Å². The number of benzene rings is 1. The average Bonchev–Trinajstić information content (AvgIpc) is 3.66. The van der Waals surface area contributed by atoms with Crippen LogP contribution in [0.1, 0.15) is 122 Å². The van der Waals surface area contributed by atoms with Crippen LogP contribution in [0.4, 0.5) is 28.3 Å². The number of alkyl halides is 3. The summed E-state index contributed by atoms with van der Waals surface area (Å²) in [6.07, 6.45) is 7.72. The van der Waals surface area contributed by atoms with E-state index in [-0.39, 0.29) is 46.6 Å². The number of halogens is 4. The van der Waals surface area contributed by atoms with Crippen LogP contribution >= 0.6 is 11.3 Å². The minimum atomic E-state index is -4.83. The molecule has 0 bridgehead atoms. The number of carbonyl (C=O) groups excluding carboxylic acids is 2. The SMILES string of the molecule is Cn1nc(C2CCC(=O)NC2=O)c2cc(F)c(N3CCC4(CCN(CC5(COc6cc(Oc7cncnc7C(F)(F)F)nc(-c7noc8c7CCC[C@@]87CCCc8sc(N)c(C#N)c87)n6)CC5)CC4)CC3)cc21. The number of carbonyl (C=O) groups is 2. The van der Waals surface area contributed by atoms with E-state index in [2.05, 4.69) is 46.4 Å². The molecular weight excluding hydrogens is 969 g/mol. The highest BCUT2D eigenvalue weighted by molar-refractivity contribution is 7.16. The molecule has 3 N–H and O–H groups in total. The number of nitrogens with zero attached hydrogens (tertiary/aromatic N) is 10. The van der Waals surface area contributed by atoms with Gasteiger partial charge in [-0.15, -0.1) is 11.3 Å². The van der Waals surface area contributed by atoms with E-state index in [4.69, 9.17) is 24.7 Å². The van der Waals surface area contributed by atoms with Gasteiger partial charge in [-0.1, -0.05) is 5.16 Å². The van der Waals surface area contributed by atoms with Crippen molar-refractivity contribution in [3.05, 3.63) is 75.3 Å². The lowest BCUT2D eigenvalue weighted by Crippen LogP contribution is -2.48. The molecule has 1 unspecified atom stereocenters. The van der Waals surface area contributed by atoms with Gasteiger partial charge in [-0.2, -0.15) is 33.5 Å². The number of rotatable bonds is 10. The highest BCUT2D eigenvalue weighted by atomic mass is 32.1. The molecule has 3 saturated heterocycles. The summed E-state index contributed by atoms with van der Waals surface area (Å²) in [7, 11) is 1.79. The van der Waals surface area contributed by atoms with Crippen LogP contribution in [0.3, 0.4) is 0 Å². The zero-order valence-electron chi connectivity index (χ0n) is 40.1. The average molecular weight is 1020 g/mol. The molecule has 2 atom stereocenters. The van der Waals surface area contributed by atoms with Gasteiger partial charge in [0.15, 0.2) is 28.7 Å². The smallest absolute Gasteiger partial charge is 0.437 e. The van der Waals surface area contributed by atoms with Gasteiger partial charge in [0.05, 0.1) is 52.7 Å². The van der Waals surface area contributed by atoms with Crippen LogP contribution in [-0.2, 0) is 41.1 Å². The van der Waals surface area contributed by atoms with Gasteiger partial charge in [0.25, 0.3) is 0 Å². The first-order valence-corrected chi connectivity index (χ1v) is 25.8. The molecule has 6 aromatic rings. The van der Waals surface area contributed by atoms with Crippen molar-refractivity contribution in [2.45, 2.75) is 107 Å². The maximum absolute atomic E-state index is 15.9. The summed E-state index contributed by atoms with van der Waals surface area (Å²) in [5.41, 5.74) is 8.70. The van der Waals surface area contributed by atoms with Crippen LogP contribution in [0.2, 0.25) is 0 Å². The number of aryl methyl sites for hydroxylation is 2. The Morgan fingerprint density at radius 3 is 2.48 bits per heavy atom. The number of aromatic nitrogens is 7. The molecule has 17 nitrogen and oxygen atoms in total. The summed E-state index contributed by atoms with van der Waals surface area (Å²) >= 11 is 1.44. The van der Waals surface area contributed by atoms with E-state index in [0.29, 0.717) is 71.3 Å². The molecule has 1 aromatic carbocycles. The first-order valence-electron chi connectivity index (χ1n) is 25.0. The Hall–Kier alpha value is -6.73. The zero-order chi connectivity index (χ0) is 50.4. The Labute approximate surface area is 420 Å². The lowest BCUT2D eigenvalue weighted by molar-refractivity contribution is -0.142. The molecule has 2 spiro atoms. The molecular formula is C51H52F4N12O5S. The third kappa shape index (κ3) is 8.41. The van der Waals surface area contributed by atoms with Gasteiger partial charge in [0, 0.05) is 54.3 Å². The largest absolute Gasteiger partial charge is 0.477 e. The fourth-order valence-corrected chi connectivity index (χ4v) is 13.6. The Morgan fingerprint density at radius 2 is 1.74 bits per heavy atom. The fourth-order valence-electron chi connectivity index (χ4n) is 12.5. The van der Waals surface area contributed by atoms with E-state index in [0.717, 1.165) is 124 Å². The third-order valence-electron chi connectivity index (χ3n) is 16.6. The van der Waals surface area contributed by atoms with E-state index < -0.39 is 34.9 Å². The van der Waals surface area contributed by atoms with Crippen molar-refractivity contribution < 1.29 is 41.1 Å². The first kappa shape index (κ1) is 47.3. The highest BCUT2D eigenvalue weighted by Gasteiger charge is 2.50. The Bertz CT molecular complexity index is 3230. The topological polar surface area (TPSA) is 216 Å². The Kier molecular flexibility index (Phi) is 11.5. The van der Waals surface area contributed by atoms with Gasteiger partial charge in [0.2, 0.25) is 23.6 Å². The second-order valence-corrected chi connectivity index (χ2v) is 22.1. The summed E-state index contributed by atoms with van der Waals surface area (Å²) in [5, 5.41) is 22.8.